The first-order chi connectivity index (χ1) is 8.93. The molecule has 0 aliphatic carbocycles. The summed E-state index contributed by atoms with van der Waals surface area (Å²) in [5.74, 6) is -0.833. The van der Waals surface area contributed by atoms with Crippen LogP contribution >= 0.6 is 23.8 Å². The number of thiocarbonyl (C=S) groups is 1. The standard InChI is InChI=1S/C13H17ClN2O2S/c1-3-16(7-6-12(17)18)13(19)15-11-8-10(14)5-4-9(11)2/h4-5,8H,3,6-7H2,1-2H3,(H,15,19)(H,17,18). The predicted octanol–water partition coefficient (Wildman–Crippen LogP) is 3.14. The van der Waals surface area contributed by atoms with Crippen LogP contribution in [0.15, 0.2) is 18.2 Å². The number of carbonyl (C=O) groups is 1. The Morgan fingerprint density at radius 2 is 2.21 bits per heavy atom. The van der Waals surface area contributed by atoms with Crippen molar-refractivity contribution in [3.63, 3.8) is 0 Å². The molecule has 1 aromatic rings. The molecular formula is C13H17ClN2O2S. The second-order valence-electron chi connectivity index (χ2n) is 4.11. The van der Waals surface area contributed by atoms with Gasteiger partial charge in [-0.05, 0) is 43.8 Å². The maximum atomic E-state index is 10.6. The molecule has 0 heterocycles. The number of halogens is 1. The lowest BCUT2D eigenvalue weighted by atomic mass is 10.2. The Morgan fingerprint density at radius 3 is 2.79 bits per heavy atom. The second kappa shape index (κ2) is 7.31. The van der Waals surface area contributed by atoms with Crippen LogP contribution in [-0.2, 0) is 4.79 Å². The van der Waals surface area contributed by atoms with Crippen molar-refractivity contribution in [1.82, 2.24) is 4.90 Å². The van der Waals surface area contributed by atoms with Gasteiger partial charge in [0.2, 0.25) is 0 Å². The average molecular weight is 301 g/mol. The van der Waals surface area contributed by atoms with Crippen LogP contribution in [0.3, 0.4) is 0 Å². The Hall–Kier alpha value is -1.33. The second-order valence-corrected chi connectivity index (χ2v) is 4.94. The van der Waals surface area contributed by atoms with Crippen LogP contribution in [0.1, 0.15) is 18.9 Å². The number of benzene rings is 1. The third-order valence-corrected chi connectivity index (χ3v) is 3.30. The Kier molecular flexibility index (Phi) is 6.05. The van der Waals surface area contributed by atoms with E-state index in [1.807, 2.05) is 30.9 Å². The molecular weight excluding hydrogens is 284 g/mol. The normalized spacial score (nSPS) is 10.1. The molecule has 0 aromatic heterocycles. The quantitative estimate of drug-likeness (QED) is 0.818. The van der Waals surface area contributed by atoms with Gasteiger partial charge in [0, 0.05) is 23.8 Å². The zero-order chi connectivity index (χ0) is 14.4. The van der Waals surface area contributed by atoms with E-state index in [4.69, 9.17) is 28.9 Å². The van der Waals surface area contributed by atoms with Crippen molar-refractivity contribution in [1.29, 1.82) is 0 Å². The maximum Gasteiger partial charge on any atom is 0.305 e. The first kappa shape index (κ1) is 15.7. The largest absolute Gasteiger partial charge is 0.481 e. The van der Waals surface area contributed by atoms with Gasteiger partial charge in [0.05, 0.1) is 6.42 Å². The van der Waals surface area contributed by atoms with Gasteiger partial charge in [-0.1, -0.05) is 17.7 Å². The Bertz CT molecular complexity index is 480. The summed E-state index contributed by atoms with van der Waals surface area (Å²) in [7, 11) is 0. The number of carboxylic acid groups (broad SMARTS) is 1. The summed E-state index contributed by atoms with van der Waals surface area (Å²) in [6.07, 6.45) is 0.0597. The lowest BCUT2D eigenvalue weighted by Crippen LogP contribution is -2.36. The summed E-state index contributed by atoms with van der Waals surface area (Å²) < 4.78 is 0. The summed E-state index contributed by atoms with van der Waals surface area (Å²) in [6, 6.07) is 5.52. The van der Waals surface area contributed by atoms with Gasteiger partial charge in [-0.25, -0.2) is 0 Å². The van der Waals surface area contributed by atoms with Gasteiger partial charge in [0.15, 0.2) is 5.11 Å². The number of anilines is 1. The van der Waals surface area contributed by atoms with Crippen LogP contribution in [-0.4, -0.2) is 34.2 Å². The first-order valence-electron chi connectivity index (χ1n) is 5.98. The molecule has 0 unspecified atom stereocenters. The molecule has 0 fully saturated rings. The number of nitrogens with one attached hydrogen (secondary N) is 1. The van der Waals surface area contributed by atoms with Crippen LogP contribution in [0.25, 0.3) is 0 Å². The number of rotatable bonds is 5. The number of carboxylic acids is 1. The third kappa shape index (κ3) is 5.04. The van der Waals surface area contributed by atoms with Crippen molar-refractivity contribution >= 4 is 40.6 Å². The predicted molar refractivity (Wildman–Crippen MR) is 81.9 cm³/mol. The molecule has 0 bridgehead atoms. The molecule has 0 spiro atoms. The van der Waals surface area contributed by atoms with Crippen LogP contribution in [0, 0.1) is 6.92 Å². The van der Waals surface area contributed by atoms with E-state index in [1.54, 1.807) is 6.07 Å². The van der Waals surface area contributed by atoms with Crippen LogP contribution in [0.4, 0.5) is 5.69 Å². The average Bonchev–Trinajstić information content (AvgIpc) is 2.34. The van der Waals surface area contributed by atoms with Crippen LogP contribution in [0.5, 0.6) is 0 Å². The van der Waals surface area contributed by atoms with Gasteiger partial charge >= 0.3 is 5.97 Å². The molecule has 19 heavy (non-hydrogen) atoms. The number of aryl methyl sites for hydroxylation is 1. The molecule has 0 saturated carbocycles. The molecule has 0 aliphatic rings. The van der Waals surface area contributed by atoms with E-state index in [0.717, 1.165) is 11.3 Å². The number of nitrogens with zero attached hydrogens (tertiary/aromatic N) is 1. The molecule has 104 valence electrons. The number of hydrogen-bond acceptors (Lipinski definition) is 2. The van der Waals surface area contributed by atoms with Crippen molar-refractivity contribution in [2.24, 2.45) is 0 Å². The minimum Gasteiger partial charge on any atom is -0.481 e. The molecule has 2 N–H and O–H groups in total. The van der Waals surface area contributed by atoms with Crippen molar-refractivity contribution in [2.75, 3.05) is 18.4 Å². The highest BCUT2D eigenvalue weighted by Crippen LogP contribution is 2.20. The summed E-state index contributed by atoms with van der Waals surface area (Å²) in [5.41, 5.74) is 1.87. The molecule has 0 amide bonds. The van der Waals surface area contributed by atoms with Gasteiger partial charge in [-0.2, -0.15) is 0 Å². The highest BCUT2D eigenvalue weighted by atomic mass is 35.5. The third-order valence-electron chi connectivity index (χ3n) is 2.71. The van der Waals surface area contributed by atoms with Crippen LogP contribution < -0.4 is 5.32 Å². The fraction of sp³-hybridized carbons (Fsp3) is 0.385. The van der Waals surface area contributed by atoms with Gasteiger partial charge in [0.1, 0.15) is 0 Å². The van der Waals surface area contributed by atoms with Gasteiger partial charge in [-0.3, -0.25) is 4.79 Å². The number of hydrogen-bond donors (Lipinski definition) is 2. The van der Waals surface area contributed by atoms with Crippen molar-refractivity contribution < 1.29 is 9.90 Å². The van der Waals surface area contributed by atoms with E-state index in [2.05, 4.69) is 5.32 Å². The molecule has 0 radical (unpaired) electrons. The van der Waals surface area contributed by atoms with Crippen molar-refractivity contribution in [2.45, 2.75) is 20.3 Å². The van der Waals surface area contributed by atoms with Crippen LogP contribution in [0.2, 0.25) is 5.02 Å². The highest BCUT2D eigenvalue weighted by molar-refractivity contribution is 7.80. The minimum absolute atomic E-state index is 0.0597. The topological polar surface area (TPSA) is 52.6 Å². The molecule has 0 saturated heterocycles. The summed E-state index contributed by atoms with van der Waals surface area (Å²) >= 11 is 11.2. The molecule has 1 rings (SSSR count). The zero-order valence-electron chi connectivity index (χ0n) is 10.9. The smallest absolute Gasteiger partial charge is 0.305 e. The lowest BCUT2D eigenvalue weighted by molar-refractivity contribution is -0.137. The SMILES string of the molecule is CCN(CCC(=O)O)C(=S)Nc1cc(Cl)ccc1C. The summed E-state index contributed by atoms with van der Waals surface area (Å²) in [5, 5.41) is 12.9. The van der Waals surface area contributed by atoms with E-state index < -0.39 is 5.97 Å². The fourth-order valence-electron chi connectivity index (χ4n) is 1.56. The van der Waals surface area contributed by atoms with E-state index in [-0.39, 0.29) is 6.42 Å². The lowest BCUT2D eigenvalue weighted by Gasteiger charge is -2.24. The van der Waals surface area contributed by atoms with E-state index >= 15 is 0 Å². The highest BCUT2D eigenvalue weighted by Gasteiger charge is 2.10. The van der Waals surface area contributed by atoms with Gasteiger partial charge in [0.25, 0.3) is 0 Å². The van der Waals surface area contributed by atoms with Crippen molar-refractivity contribution in [3.8, 4) is 0 Å². The Morgan fingerprint density at radius 1 is 1.53 bits per heavy atom. The number of aliphatic carboxylic acids is 1. The first-order valence-corrected chi connectivity index (χ1v) is 6.76. The zero-order valence-corrected chi connectivity index (χ0v) is 12.5. The Balaban J connectivity index is 2.71. The molecule has 1 aromatic carbocycles. The molecule has 4 nitrogen and oxygen atoms in total. The molecule has 0 atom stereocenters. The molecule has 0 aliphatic heterocycles. The summed E-state index contributed by atoms with van der Waals surface area (Å²) in [4.78, 5) is 12.4. The fourth-order valence-corrected chi connectivity index (χ4v) is 2.06. The summed E-state index contributed by atoms with van der Waals surface area (Å²) in [6.45, 7) is 4.92. The monoisotopic (exact) mass is 300 g/mol. The van der Waals surface area contributed by atoms with E-state index in [1.165, 1.54) is 0 Å². The molecule has 6 heteroatoms. The van der Waals surface area contributed by atoms with Crippen molar-refractivity contribution in [3.05, 3.63) is 28.8 Å². The van der Waals surface area contributed by atoms with E-state index in [9.17, 15) is 4.79 Å². The maximum absolute atomic E-state index is 10.6. The van der Waals surface area contributed by atoms with Gasteiger partial charge in [-0.15, -0.1) is 0 Å². The van der Waals surface area contributed by atoms with E-state index in [0.29, 0.717) is 23.2 Å². The Labute approximate surface area is 123 Å². The van der Waals surface area contributed by atoms with Gasteiger partial charge < -0.3 is 15.3 Å². The minimum atomic E-state index is -0.833.